The van der Waals surface area contributed by atoms with Gasteiger partial charge in [0.15, 0.2) is 5.82 Å². The fourth-order valence-corrected chi connectivity index (χ4v) is 3.83. The predicted molar refractivity (Wildman–Crippen MR) is 90.9 cm³/mol. The number of amides is 1. The van der Waals surface area contributed by atoms with E-state index >= 15 is 0 Å². The normalized spacial score (nSPS) is 18.8. The molecule has 1 atom stereocenters. The highest BCUT2D eigenvalue weighted by molar-refractivity contribution is 7.03. The van der Waals surface area contributed by atoms with Crippen molar-refractivity contribution in [2.75, 3.05) is 20.1 Å². The summed E-state index contributed by atoms with van der Waals surface area (Å²) in [6, 6.07) is 0.420. The molecule has 130 valence electrons. The second-order valence-corrected chi connectivity index (χ2v) is 6.96. The summed E-state index contributed by atoms with van der Waals surface area (Å²) >= 11 is 1.34. The molecule has 0 unspecified atom stereocenters. The van der Waals surface area contributed by atoms with Crippen molar-refractivity contribution in [1.82, 2.24) is 24.3 Å². The van der Waals surface area contributed by atoms with Gasteiger partial charge in [0.1, 0.15) is 0 Å². The Bertz CT molecular complexity index is 698. The van der Waals surface area contributed by atoms with Gasteiger partial charge in [-0.25, -0.2) is 0 Å². The van der Waals surface area contributed by atoms with E-state index < -0.39 is 0 Å². The summed E-state index contributed by atoms with van der Waals surface area (Å²) in [7, 11) is 2.08. The zero-order valence-corrected chi connectivity index (χ0v) is 15.2. The van der Waals surface area contributed by atoms with Crippen LogP contribution in [0.15, 0.2) is 9.90 Å². The van der Waals surface area contributed by atoms with Crippen LogP contribution in [-0.2, 0) is 6.54 Å². The van der Waals surface area contributed by atoms with Gasteiger partial charge < -0.3 is 9.42 Å². The molecule has 0 spiro atoms. The molecular formula is C16H23N5O2S. The number of aryl methyl sites for hydroxylation is 2. The minimum absolute atomic E-state index is 0.110. The summed E-state index contributed by atoms with van der Waals surface area (Å²) in [6.07, 6.45) is 3.02. The van der Waals surface area contributed by atoms with Crippen molar-refractivity contribution < 1.29 is 9.32 Å². The monoisotopic (exact) mass is 349 g/mol. The van der Waals surface area contributed by atoms with Gasteiger partial charge >= 0.3 is 0 Å². The van der Waals surface area contributed by atoms with Crippen LogP contribution in [0.3, 0.4) is 0 Å². The standard InChI is InChI=1S/C16H23N5O2S/c1-11-14(10-24-19-11)16(22)21-7-4-5-13(6-8-21)20(3)9-15-17-12(2)23-18-15/h10,13H,4-9H2,1-3H3/t13-/m1/s1. The van der Waals surface area contributed by atoms with Gasteiger partial charge in [-0.2, -0.15) is 9.36 Å². The highest BCUT2D eigenvalue weighted by Crippen LogP contribution is 2.20. The number of carbonyl (C=O) groups excluding carboxylic acids is 1. The van der Waals surface area contributed by atoms with E-state index in [-0.39, 0.29) is 5.91 Å². The maximum atomic E-state index is 12.7. The quantitative estimate of drug-likeness (QED) is 0.843. The second kappa shape index (κ2) is 7.40. The van der Waals surface area contributed by atoms with Crippen molar-refractivity contribution in [2.24, 2.45) is 0 Å². The fraction of sp³-hybridized carbons (Fsp3) is 0.625. The average molecular weight is 349 g/mol. The van der Waals surface area contributed by atoms with Crippen LogP contribution in [0.4, 0.5) is 0 Å². The van der Waals surface area contributed by atoms with Crippen LogP contribution in [0, 0.1) is 13.8 Å². The minimum Gasteiger partial charge on any atom is -0.340 e. The van der Waals surface area contributed by atoms with Gasteiger partial charge in [-0.05, 0) is 44.8 Å². The third-order valence-electron chi connectivity index (χ3n) is 4.55. The Morgan fingerprint density at radius 1 is 1.42 bits per heavy atom. The lowest BCUT2D eigenvalue weighted by Gasteiger charge is -2.26. The molecule has 0 aliphatic carbocycles. The van der Waals surface area contributed by atoms with E-state index in [1.54, 1.807) is 6.92 Å². The molecule has 1 fully saturated rings. The van der Waals surface area contributed by atoms with Crippen LogP contribution < -0.4 is 0 Å². The summed E-state index contributed by atoms with van der Waals surface area (Å²) in [5, 5.41) is 5.81. The van der Waals surface area contributed by atoms with Crippen molar-refractivity contribution in [3.05, 3.63) is 28.4 Å². The summed E-state index contributed by atoms with van der Waals surface area (Å²) in [5.74, 6) is 1.42. The minimum atomic E-state index is 0.110. The smallest absolute Gasteiger partial charge is 0.256 e. The number of hydrogen-bond acceptors (Lipinski definition) is 7. The largest absolute Gasteiger partial charge is 0.340 e. The van der Waals surface area contributed by atoms with Crippen LogP contribution in [-0.4, -0.2) is 56.4 Å². The van der Waals surface area contributed by atoms with Crippen molar-refractivity contribution in [1.29, 1.82) is 0 Å². The van der Waals surface area contributed by atoms with Gasteiger partial charge in [-0.3, -0.25) is 9.69 Å². The first kappa shape index (κ1) is 17.0. The molecule has 1 saturated heterocycles. The zero-order chi connectivity index (χ0) is 17.1. The van der Waals surface area contributed by atoms with E-state index in [4.69, 9.17) is 4.52 Å². The summed E-state index contributed by atoms with van der Waals surface area (Å²) < 4.78 is 9.24. The molecule has 8 heteroatoms. The lowest BCUT2D eigenvalue weighted by atomic mass is 10.1. The maximum absolute atomic E-state index is 12.7. The number of aromatic nitrogens is 3. The van der Waals surface area contributed by atoms with Crippen LogP contribution in [0.2, 0.25) is 0 Å². The molecule has 3 rings (SSSR count). The molecule has 1 aliphatic rings. The highest BCUT2D eigenvalue weighted by atomic mass is 32.1. The average Bonchev–Trinajstić information content (AvgIpc) is 3.07. The lowest BCUT2D eigenvalue weighted by Crippen LogP contribution is -2.35. The molecule has 24 heavy (non-hydrogen) atoms. The fourth-order valence-electron chi connectivity index (χ4n) is 3.15. The van der Waals surface area contributed by atoms with Crippen molar-refractivity contribution in [2.45, 2.75) is 45.7 Å². The second-order valence-electron chi connectivity index (χ2n) is 6.34. The first-order chi connectivity index (χ1) is 11.5. The van der Waals surface area contributed by atoms with E-state index in [2.05, 4.69) is 26.5 Å². The summed E-state index contributed by atoms with van der Waals surface area (Å²) in [6.45, 7) is 5.94. The number of carbonyl (C=O) groups is 1. The van der Waals surface area contributed by atoms with Gasteiger partial charge in [0.2, 0.25) is 5.89 Å². The number of hydrogen-bond donors (Lipinski definition) is 0. The molecule has 0 bridgehead atoms. The van der Waals surface area contributed by atoms with Crippen molar-refractivity contribution >= 4 is 17.4 Å². The Hall–Kier alpha value is -1.80. The third kappa shape index (κ3) is 3.81. The molecule has 2 aromatic heterocycles. The van der Waals surface area contributed by atoms with Gasteiger partial charge in [0, 0.05) is 31.4 Å². The Labute approximate surface area is 145 Å². The zero-order valence-electron chi connectivity index (χ0n) is 14.4. The topological polar surface area (TPSA) is 75.4 Å². The first-order valence-corrected chi connectivity index (χ1v) is 9.08. The van der Waals surface area contributed by atoms with Gasteiger partial charge in [0.05, 0.1) is 17.8 Å². The summed E-state index contributed by atoms with van der Waals surface area (Å²) in [5.41, 5.74) is 1.57. The SMILES string of the molecule is Cc1nc(CN(C)[C@@H]2CCCN(C(=O)c3csnc3C)CC2)no1. The van der Waals surface area contributed by atoms with Crippen molar-refractivity contribution in [3.8, 4) is 0 Å². The lowest BCUT2D eigenvalue weighted by molar-refractivity contribution is 0.0757. The van der Waals surface area contributed by atoms with Gasteiger partial charge in [-0.15, -0.1) is 0 Å². The number of likely N-dealkylation sites (tertiary alicyclic amines) is 1. The first-order valence-electron chi connectivity index (χ1n) is 8.24. The van der Waals surface area contributed by atoms with Gasteiger partial charge in [-0.1, -0.05) is 5.16 Å². The highest BCUT2D eigenvalue weighted by Gasteiger charge is 2.25. The Morgan fingerprint density at radius 3 is 2.92 bits per heavy atom. The van der Waals surface area contributed by atoms with E-state index in [9.17, 15) is 4.79 Å². The van der Waals surface area contributed by atoms with E-state index in [0.29, 0.717) is 24.3 Å². The van der Waals surface area contributed by atoms with Crippen LogP contribution >= 0.6 is 11.5 Å². The Morgan fingerprint density at radius 2 is 2.25 bits per heavy atom. The number of nitrogens with zero attached hydrogens (tertiary/aromatic N) is 5. The van der Waals surface area contributed by atoms with E-state index in [1.807, 2.05) is 17.2 Å². The van der Waals surface area contributed by atoms with Crippen LogP contribution in [0.5, 0.6) is 0 Å². The molecule has 0 aromatic carbocycles. The van der Waals surface area contributed by atoms with E-state index in [0.717, 1.165) is 43.6 Å². The molecule has 0 radical (unpaired) electrons. The number of rotatable bonds is 4. The van der Waals surface area contributed by atoms with Crippen LogP contribution in [0.25, 0.3) is 0 Å². The predicted octanol–water partition coefficient (Wildman–Crippen LogP) is 2.27. The van der Waals surface area contributed by atoms with Crippen LogP contribution in [0.1, 0.15) is 47.0 Å². The molecule has 0 N–H and O–H groups in total. The third-order valence-corrected chi connectivity index (χ3v) is 5.27. The molecule has 2 aromatic rings. The Balaban J connectivity index is 1.58. The molecule has 3 heterocycles. The van der Waals surface area contributed by atoms with Gasteiger partial charge in [0.25, 0.3) is 5.91 Å². The molecule has 1 amide bonds. The Kier molecular flexibility index (Phi) is 5.25. The molecule has 0 saturated carbocycles. The molecular weight excluding hydrogens is 326 g/mol. The molecule has 7 nitrogen and oxygen atoms in total. The maximum Gasteiger partial charge on any atom is 0.256 e. The van der Waals surface area contributed by atoms with E-state index in [1.165, 1.54) is 11.5 Å². The molecule has 1 aliphatic heterocycles. The summed E-state index contributed by atoms with van der Waals surface area (Å²) in [4.78, 5) is 21.1. The van der Waals surface area contributed by atoms with Crippen molar-refractivity contribution in [3.63, 3.8) is 0 Å².